The van der Waals surface area contributed by atoms with E-state index in [-0.39, 0.29) is 30.2 Å². The number of hydrogen-bond acceptors (Lipinski definition) is 7. The first-order chi connectivity index (χ1) is 13.4. The second kappa shape index (κ2) is 7.27. The van der Waals surface area contributed by atoms with Crippen molar-refractivity contribution in [3.63, 3.8) is 0 Å². The van der Waals surface area contributed by atoms with Gasteiger partial charge in [0, 0.05) is 20.1 Å². The third-order valence-electron chi connectivity index (χ3n) is 4.80. The number of carbonyl (C=O) groups excluding carboxylic acids is 1. The molecule has 0 atom stereocenters. The maximum absolute atomic E-state index is 12.6. The van der Waals surface area contributed by atoms with E-state index < -0.39 is 5.69 Å². The van der Waals surface area contributed by atoms with Gasteiger partial charge in [-0.25, -0.2) is 9.78 Å². The first-order valence-corrected chi connectivity index (χ1v) is 9.93. The highest BCUT2D eigenvalue weighted by Gasteiger charge is 2.22. The summed E-state index contributed by atoms with van der Waals surface area (Å²) in [5, 5.41) is 3.45. The average Bonchev–Trinajstić information content (AvgIpc) is 3.41. The minimum Gasteiger partial charge on any atom is -0.465 e. The summed E-state index contributed by atoms with van der Waals surface area (Å²) in [5.74, 6) is 1.04. The van der Waals surface area contributed by atoms with E-state index in [2.05, 4.69) is 15.2 Å². The zero-order valence-corrected chi connectivity index (χ0v) is 16.5. The number of carbonyl (C=O) groups is 1. The fourth-order valence-electron chi connectivity index (χ4n) is 3.29. The second-order valence-corrected chi connectivity index (χ2v) is 7.84. The van der Waals surface area contributed by atoms with Crippen LogP contribution < -0.4 is 21.5 Å². The van der Waals surface area contributed by atoms with Gasteiger partial charge in [0.2, 0.25) is 5.91 Å². The van der Waals surface area contributed by atoms with Crippen LogP contribution in [0.5, 0.6) is 0 Å². The topological polar surface area (TPSA) is 102 Å². The molecule has 9 nitrogen and oxygen atoms in total. The van der Waals surface area contributed by atoms with E-state index in [1.165, 1.54) is 23.0 Å². The molecule has 4 heterocycles. The number of aryl methyl sites for hydroxylation is 1. The summed E-state index contributed by atoms with van der Waals surface area (Å²) in [6.45, 7) is 3.60. The molecule has 1 aliphatic heterocycles. The molecular weight excluding hydrogens is 382 g/mol. The van der Waals surface area contributed by atoms with Crippen molar-refractivity contribution in [2.75, 3.05) is 18.0 Å². The largest absolute Gasteiger partial charge is 0.465 e. The third kappa shape index (κ3) is 3.35. The Kier molecular flexibility index (Phi) is 4.80. The molecule has 0 aliphatic carbocycles. The lowest BCUT2D eigenvalue weighted by atomic mass is 10.4. The fourth-order valence-corrected chi connectivity index (χ4v) is 4.38. The molecule has 0 aromatic carbocycles. The molecule has 1 amide bonds. The number of furan rings is 1. The monoisotopic (exact) mass is 403 g/mol. The van der Waals surface area contributed by atoms with Gasteiger partial charge in [-0.2, -0.15) is 0 Å². The number of amides is 1. The van der Waals surface area contributed by atoms with E-state index in [0.29, 0.717) is 10.5 Å². The van der Waals surface area contributed by atoms with Gasteiger partial charge in [0.25, 0.3) is 5.56 Å². The van der Waals surface area contributed by atoms with Gasteiger partial charge in [-0.05, 0) is 31.9 Å². The summed E-state index contributed by atoms with van der Waals surface area (Å²) in [4.78, 5) is 44.2. The number of fused-ring (bicyclic) bond motifs is 1. The van der Waals surface area contributed by atoms with Crippen LogP contribution in [0.3, 0.4) is 0 Å². The number of nitrogens with zero attached hydrogens (tertiary/aromatic N) is 4. The molecule has 1 saturated heterocycles. The molecule has 4 rings (SSSR count). The molecule has 0 bridgehead atoms. The minimum atomic E-state index is -0.556. The summed E-state index contributed by atoms with van der Waals surface area (Å²) in [6.07, 6.45) is 2.16. The van der Waals surface area contributed by atoms with Crippen molar-refractivity contribution >= 4 is 32.7 Å². The van der Waals surface area contributed by atoms with Crippen molar-refractivity contribution in [3.05, 3.63) is 44.5 Å². The number of rotatable bonds is 5. The Labute approximate surface area is 164 Å². The quantitative estimate of drug-likeness (QED) is 0.681. The first kappa shape index (κ1) is 18.5. The van der Waals surface area contributed by atoms with Gasteiger partial charge >= 0.3 is 5.69 Å². The van der Waals surface area contributed by atoms with E-state index in [1.807, 2.05) is 13.0 Å². The summed E-state index contributed by atoms with van der Waals surface area (Å²) in [7, 11) is 1.42. The number of nitrogens with one attached hydrogen (secondary N) is 1. The lowest BCUT2D eigenvalue weighted by Gasteiger charge is -2.12. The van der Waals surface area contributed by atoms with Crippen LogP contribution in [-0.4, -0.2) is 33.1 Å². The highest BCUT2D eigenvalue weighted by Crippen LogP contribution is 2.28. The van der Waals surface area contributed by atoms with Crippen molar-refractivity contribution in [3.8, 4) is 0 Å². The van der Waals surface area contributed by atoms with Crippen LogP contribution in [-0.2, 0) is 24.9 Å². The molecule has 1 aliphatic rings. The van der Waals surface area contributed by atoms with Crippen molar-refractivity contribution in [2.45, 2.75) is 32.9 Å². The van der Waals surface area contributed by atoms with Gasteiger partial charge in [0.05, 0.1) is 6.54 Å². The Bertz CT molecular complexity index is 1150. The smallest absolute Gasteiger partial charge is 0.332 e. The SMILES string of the molecule is Cc1ccc(CNC(=O)Cn2c(=O)n(C)c(=O)c3sc(N4CCCC4)nc32)o1. The Morgan fingerprint density at radius 1 is 1.29 bits per heavy atom. The molecule has 148 valence electrons. The van der Waals surface area contributed by atoms with Gasteiger partial charge in [-0.1, -0.05) is 11.3 Å². The van der Waals surface area contributed by atoms with Crippen LogP contribution in [0.25, 0.3) is 10.3 Å². The Morgan fingerprint density at radius 2 is 2.04 bits per heavy atom. The Balaban J connectivity index is 1.64. The Morgan fingerprint density at radius 3 is 2.71 bits per heavy atom. The van der Waals surface area contributed by atoms with E-state index in [1.54, 1.807) is 6.07 Å². The number of hydrogen-bond donors (Lipinski definition) is 1. The van der Waals surface area contributed by atoms with Gasteiger partial charge in [0.15, 0.2) is 10.8 Å². The normalized spacial score (nSPS) is 14.1. The van der Waals surface area contributed by atoms with Gasteiger partial charge in [0.1, 0.15) is 22.8 Å². The van der Waals surface area contributed by atoms with Gasteiger partial charge < -0.3 is 14.6 Å². The predicted molar refractivity (Wildman–Crippen MR) is 106 cm³/mol. The summed E-state index contributed by atoms with van der Waals surface area (Å²) < 4.78 is 8.10. The van der Waals surface area contributed by atoms with E-state index in [9.17, 15) is 14.4 Å². The molecule has 3 aromatic heterocycles. The molecule has 1 fully saturated rings. The lowest BCUT2D eigenvalue weighted by molar-refractivity contribution is -0.121. The predicted octanol–water partition coefficient (Wildman–Crippen LogP) is 0.975. The van der Waals surface area contributed by atoms with E-state index >= 15 is 0 Å². The van der Waals surface area contributed by atoms with Crippen molar-refractivity contribution in [1.29, 1.82) is 0 Å². The molecule has 0 unspecified atom stereocenters. The molecule has 28 heavy (non-hydrogen) atoms. The summed E-state index contributed by atoms with van der Waals surface area (Å²) in [5.41, 5.74) is -0.672. The maximum atomic E-state index is 12.6. The van der Waals surface area contributed by atoms with Crippen LogP contribution in [0.2, 0.25) is 0 Å². The third-order valence-corrected chi connectivity index (χ3v) is 5.90. The van der Waals surface area contributed by atoms with Crippen LogP contribution >= 0.6 is 11.3 Å². The Hall–Kier alpha value is -2.88. The van der Waals surface area contributed by atoms with Gasteiger partial charge in [-0.15, -0.1) is 0 Å². The van der Waals surface area contributed by atoms with Crippen molar-refractivity contribution in [1.82, 2.24) is 19.4 Å². The first-order valence-electron chi connectivity index (χ1n) is 9.11. The molecule has 0 radical (unpaired) electrons. The van der Waals surface area contributed by atoms with E-state index in [0.717, 1.165) is 41.4 Å². The standard InChI is InChI=1S/C18H21N5O4S/c1-11-5-6-12(27-11)9-19-13(24)10-23-15-14(16(25)21(2)18(23)26)28-17(20-15)22-7-3-4-8-22/h5-6H,3-4,7-10H2,1-2H3,(H,19,24). The highest BCUT2D eigenvalue weighted by atomic mass is 32.1. The number of thiazole rings is 1. The van der Waals surface area contributed by atoms with Crippen molar-refractivity contribution in [2.24, 2.45) is 7.05 Å². The minimum absolute atomic E-state index is 0.216. The number of anilines is 1. The summed E-state index contributed by atoms with van der Waals surface area (Å²) >= 11 is 1.27. The van der Waals surface area contributed by atoms with Crippen molar-refractivity contribution < 1.29 is 9.21 Å². The van der Waals surface area contributed by atoms with Crippen LogP contribution in [0.1, 0.15) is 24.4 Å². The van der Waals surface area contributed by atoms with Crippen LogP contribution in [0, 0.1) is 6.92 Å². The van der Waals surface area contributed by atoms with E-state index in [4.69, 9.17) is 4.42 Å². The summed E-state index contributed by atoms with van der Waals surface area (Å²) in [6, 6.07) is 3.60. The van der Waals surface area contributed by atoms with Crippen LogP contribution in [0.4, 0.5) is 5.13 Å². The lowest BCUT2D eigenvalue weighted by Crippen LogP contribution is -2.41. The molecule has 1 N–H and O–H groups in total. The van der Waals surface area contributed by atoms with Gasteiger partial charge in [-0.3, -0.25) is 18.7 Å². The second-order valence-electron chi connectivity index (χ2n) is 6.87. The maximum Gasteiger partial charge on any atom is 0.332 e. The fraction of sp³-hybridized carbons (Fsp3) is 0.444. The number of aromatic nitrogens is 3. The van der Waals surface area contributed by atoms with Crippen LogP contribution in [0.15, 0.2) is 26.1 Å². The highest BCUT2D eigenvalue weighted by molar-refractivity contribution is 7.22. The molecule has 10 heteroatoms. The molecule has 3 aromatic rings. The molecule has 0 spiro atoms. The zero-order chi connectivity index (χ0) is 19.8. The average molecular weight is 403 g/mol. The molecular formula is C18H21N5O4S. The zero-order valence-electron chi connectivity index (χ0n) is 15.7. The molecule has 0 saturated carbocycles.